The molecule has 0 amide bonds. The van der Waals surface area contributed by atoms with Crippen LogP contribution < -0.4 is 5.73 Å². The highest BCUT2D eigenvalue weighted by Gasteiger charge is 2.03. The first-order chi connectivity index (χ1) is 7.90. The van der Waals surface area contributed by atoms with Gasteiger partial charge in [-0.15, -0.1) is 0 Å². The molecule has 3 rings (SSSR count). The van der Waals surface area contributed by atoms with Crippen LogP contribution in [0.1, 0.15) is 5.56 Å². The summed E-state index contributed by atoms with van der Waals surface area (Å²) in [6, 6.07) is 19.1. The summed E-state index contributed by atoms with van der Waals surface area (Å²) in [6.07, 6.45) is 0. The van der Waals surface area contributed by atoms with E-state index in [1.807, 2.05) is 0 Å². The van der Waals surface area contributed by atoms with Crippen LogP contribution in [0.4, 0.5) is 0 Å². The molecule has 0 radical (unpaired) electrons. The lowest BCUT2D eigenvalue weighted by Gasteiger charge is -2.08. The number of hydrogen-bond donors (Lipinski definition) is 1. The Morgan fingerprint density at radius 2 is 1.38 bits per heavy atom. The van der Waals surface area contributed by atoms with Gasteiger partial charge in [0.1, 0.15) is 0 Å². The van der Waals surface area contributed by atoms with E-state index in [4.69, 9.17) is 5.73 Å². The van der Waals surface area contributed by atoms with Crippen molar-refractivity contribution in [3.63, 3.8) is 0 Å². The number of fused-ring (bicyclic) bond motifs is 3. The van der Waals surface area contributed by atoms with E-state index < -0.39 is 0 Å². The first kappa shape index (κ1) is 9.37. The predicted octanol–water partition coefficient (Wildman–Crippen LogP) is 3.45. The summed E-state index contributed by atoms with van der Waals surface area (Å²) in [7, 11) is 0. The Hall–Kier alpha value is -1.86. The standard InChI is InChI=1S/C15H13N/c16-10-12-9-11-5-1-2-6-13(11)15-8-4-3-7-14(12)15/h1-9H,10,16H2. The summed E-state index contributed by atoms with van der Waals surface area (Å²) >= 11 is 0. The minimum absolute atomic E-state index is 0.589. The van der Waals surface area contributed by atoms with Gasteiger partial charge in [0, 0.05) is 6.54 Å². The molecule has 16 heavy (non-hydrogen) atoms. The van der Waals surface area contributed by atoms with Gasteiger partial charge in [-0.05, 0) is 33.2 Å². The molecule has 1 heteroatoms. The van der Waals surface area contributed by atoms with Gasteiger partial charge in [0.15, 0.2) is 0 Å². The van der Waals surface area contributed by atoms with Gasteiger partial charge in [-0.3, -0.25) is 0 Å². The second-order valence-corrected chi connectivity index (χ2v) is 4.01. The Morgan fingerprint density at radius 3 is 2.12 bits per heavy atom. The molecule has 3 aromatic carbocycles. The zero-order valence-corrected chi connectivity index (χ0v) is 8.98. The van der Waals surface area contributed by atoms with Crippen molar-refractivity contribution in [2.75, 3.05) is 0 Å². The van der Waals surface area contributed by atoms with E-state index in [1.54, 1.807) is 0 Å². The molecule has 0 saturated carbocycles. The first-order valence-corrected chi connectivity index (χ1v) is 5.49. The van der Waals surface area contributed by atoms with E-state index >= 15 is 0 Å². The van der Waals surface area contributed by atoms with Crippen LogP contribution in [0.25, 0.3) is 21.5 Å². The monoisotopic (exact) mass is 207 g/mol. The fourth-order valence-electron chi connectivity index (χ4n) is 2.30. The maximum absolute atomic E-state index is 5.81. The van der Waals surface area contributed by atoms with E-state index in [0.717, 1.165) is 0 Å². The van der Waals surface area contributed by atoms with Crippen LogP contribution in [-0.4, -0.2) is 0 Å². The summed E-state index contributed by atoms with van der Waals surface area (Å²) in [6.45, 7) is 0.589. The van der Waals surface area contributed by atoms with Crippen molar-refractivity contribution in [3.05, 3.63) is 60.2 Å². The van der Waals surface area contributed by atoms with Crippen molar-refractivity contribution < 1.29 is 0 Å². The van der Waals surface area contributed by atoms with Crippen molar-refractivity contribution in [2.24, 2.45) is 5.73 Å². The average Bonchev–Trinajstić information content (AvgIpc) is 2.38. The van der Waals surface area contributed by atoms with Gasteiger partial charge in [0.25, 0.3) is 0 Å². The Morgan fingerprint density at radius 1 is 0.750 bits per heavy atom. The maximum atomic E-state index is 5.81. The fraction of sp³-hybridized carbons (Fsp3) is 0.0667. The van der Waals surface area contributed by atoms with E-state index in [0.29, 0.717) is 6.54 Å². The lowest BCUT2D eigenvalue weighted by Crippen LogP contribution is -1.97. The van der Waals surface area contributed by atoms with Crippen LogP contribution >= 0.6 is 0 Å². The second kappa shape index (κ2) is 3.62. The van der Waals surface area contributed by atoms with Crippen molar-refractivity contribution >= 4 is 21.5 Å². The molecule has 0 fully saturated rings. The number of rotatable bonds is 1. The van der Waals surface area contributed by atoms with Crippen LogP contribution in [0.15, 0.2) is 54.6 Å². The van der Waals surface area contributed by atoms with Gasteiger partial charge in [-0.2, -0.15) is 0 Å². The highest BCUT2D eigenvalue weighted by molar-refractivity contribution is 6.08. The Bertz CT molecular complexity index is 656. The Labute approximate surface area is 94.5 Å². The van der Waals surface area contributed by atoms with E-state index in [9.17, 15) is 0 Å². The largest absolute Gasteiger partial charge is 0.326 e. The number of nitrogens with two attached hydrogens (primary N) is 1. The van der Waals surface area contributed by atoms with Gasteiger partial charge in [0.05, 0.1) is 0 Å². The maximum Gasteiger partial charge on any atom is 0.0184 e. The quantitative estimate of drug-likeness (QED) is 0.608. The van der Waals surface area contributed by atoms with Crippen LogP contribution in [0.5, 0.6) is 0 Å². The van der Waals surface area contributed by atoms with Crippen molar-refractivity contribution in [1.29, 1.82) is 0 Å². The molecule has 78 valence electrons. The molecule has 0 aromatic heterocycles. The summed E-state index contributed by atoms with van der Waals surface area (Å²) in [5.74, 6) is 0. The summed E-state index contributed by atoms with van der Waals surface area (Å²) in [5, 5.41) is 5.13. The Balaban J connectivity index is 2.57. The Kier molecular flexibility index (Phi) is 2.12. The molecule has 0 atom stereocenters. The minimum Gasteiger partial charge on any atom is -0.326 e. The molecule has 0 saturated heterocycles. The summed E-state index contributed by atoms with van der Waals surface area (Å²) in [4.78, 5) is 0. The first-order valence-electron chi connectivity index (χ1n) is 5.49. The van der Waals surface area contributed by atoms with E-state index in [1.165, 1.54) is 27.1 Å². The molecule has 1 nitrogen and oxygen atoms in total. The molecule has 0 aliphatic heterocycles. The molecular weight excluding hydrogens is 194 g/mol. The minimum atomic E-state index is 0.589. The zero-order valence-electron chi connectivity index (χ0n) is 8.98. The number of benzene rings is 3. The summed E-state index contributed by atoms with van der Waals surface area (Å²) in [5.41, 5.74) is 7.02. The van der Waals surface area contributed by atoms with Crippen LogP contribution in [-0.2, 0) is 6.54 Å². The predicted molar refractivity (Wildman–Crippen MR) is 69.3 cm³/mol. The molecule has 0 aliphatic carbocycles. The summed E-state index contributed by atoms with van der Waals surface area (Å²) < 4.78 is 0. The average molecular weight is 207 g/mol. The SMILES string of the molecule is NCc1cc2ccccc2c2ccccc12. The fourth-order valence-corrected chi connectivity index (χ4v) is 2.30. The van der Waals surface area contributed by atoms with Crippen LogP contribution in [0, 0.1) is 0 Å². The van der Waals surface area contributed by atoms with Crippen molar-refractivity contribution in [3.8, 4) is 0 Å². The zero-order chi connectivity index (χ0) is 11.0. The van der Waals surface area contributed by atoms with Gasteiger partial charge in [0.2, 0.25) is 0 Å². The molecule has 0 unspecified atom stereocenters. The normalized spacial score (nSPS) is 11.1. The van der Waals surface area contributed by atoms with Crippen LogP contribution in [0.3, 0.4) is 0 Å². The van der Waals surface area contributed by atoms with E-state index in [2.05, 4.69) is 54.6 Å². The van der Waals surface area contributed by atoms with Crippen molar-refractivity contribution in [2.45, 2.75) is 6.54 Å². The lowest BCUT2D eigenvalue weighted by atomic mass is 9.97. The molecule has 0 heterocycles. The second-order valence-electron chi connectivity index (χ2n) is 4.01. The highest BCUT2D eigenvalue weighted by atomic mass is 14.5. The highest BCUT2D eigenvalue weighted by Crippen LogP contribution is 2.28. The third-order valence-corrected chi connectivity index (χ3v) is 3.07. The molecule has 0 spiro atoms. The van der Waals surface area contributed by atoms with Gasteiger partial charge in [-0.1, -0.05) is 48.5 Å². The smallest absolute Gasteiger partial charge is 0.0184 e. The third-order valence-electron chi connectivity index (χ3n) is 3.07. The van der Waals surface area contributed by atoms with Gasteiger partial charge >= 0.3 is 0 Å². The molecule has 0 bridgehead atoms. The third kappa shape index (κ3) is 1.29. The molecular formula is C15H13N. The lowest BCUT2D eigenvalue weighted by molar-refractivity contribution is 1.09. The number of hydrogen-bond acceptors (Lipinski definition) is 1. The molecule has 2 N–H and O–H groups in total. The topological polar surface area (TPSA) is 26.0 Å². The van der Waals surface area contributed by atoms with Crippen LogP contribution in [0.2, 0.25) is 0 Å². The molecule has 3 aromatic rings. The van der Waals surface area contributed by atoms with Crippen molar-refractivity contribution in [1.82, 2.24) is 0 Å². The van der Waals surface area contributed by atoms with Gasteiger partial charge < -0.3 is 5.73 Å². The van der Waals surface area contributed by atoms with E-state index in [-0.39, 0.29) is 0 Å². The van der Waals surface area contributed by atoms with Gasteiger partial charge in [-0.25, -0.2) is 0 Å². The molecule has 0 aliphatic rings.